The van der Waals surface area contributed by atoms with Crippen molar-refractivity contribution < 1.29 is 9.21 Å². The number of aromatic nitrogens is 4. The van der Waals surface area contributed by atoms with Crippen molar-refractivity contribution in [2.45, 2.75) is 35.9 Å². The van der Waals surface area contributed by atoms with Gasteiger partial charge in [-0.3, -0.25) is 9.89 Å². The summed E-state index contributed by atoms with van der Waals surface area (Å²) in [6, 6.07) is 11.8. The molecule has 0 bridgehead atoms. The third-order valence-electron chi connectivity index (χ3n) is 5.71. The summed E-state index contributed by atoms with van der Waals surface area (Å²) in [7, 11) is 0. The molecular weight excluding hydrogens is 398 g/mol. The second-order valence-electron chi connectivity index (χ2n) is 7.91. The van der Waals surface area contributed by atoms with Gasteiger partial charge in [0, 0.05) is 23.3 Å². The summed E-state index contributed by atoms with van der Waals surface area (Å²) in [6.45, 7) is 2.11. The number of carbonyl (C=O) groups is 1. The normalized spacial score (nSPS) is 20.9. The molecule has 4 heterocycles. The molecule has 0 saturated heterocycles. The van der Waals surface area contributed by atoms with E-state index in [1.54, 1.807) is 6.20 Å². The maximum Gasteiger partial charge on any atom is 0.174 e. The first kappa shape index (κ1) is 17.6. The Kier molecular flexibility index (Phi) is 3.89. The number of benzene rings is 1. The van der Waals surface area contributed by atoms with Crippen LogP contribution in [0.3, 0.4) is 0 Å². The number of hydrogen-bond acceptors (Lipinski definition) is 6. The molecule has 0 saturated carbocycles. The zero-order chi connectivity index (χ0) is 20.2. The molecule has 0 spiro atoms. The first-order chi connectivity index (χ1) is 14.7. The average molecular weight is 417 g/mol. The highest BCUT2D eigenvalue weighted by molar-refractivity contribution is 7.99. The van der Waals surface area contributed by atoms with Gasteiger partial charge in [-0.15, -0.1) is 0 Å². The van der Waals surface area contributed by atoms with Crippen molar-refractivity contribution in [3.63, 3.8) is 0 Å². The van der Waals surface area contributed by atoms with Gasteiger partial charge in [0.2, 0.25) is 0 Å². The molecule has 6 rings (SSSR count). The minimum Gasteiger partial charge on any atom is -0.453 e. The standard InChI is InChI=1S/C22H19N5O2S/c1-11-8-15-20(16(28)9-11)19(12-10-23-27-21(12)24-15)17-6-7-18(29-17)30-22-25-13-4-2-3-5-14(13)26-22/h2-7,10-11,19H,8-9H2,1H3,(H,25,26)(H2,23,24,27). The van der Waals surface area contributed by atoms with E-state index in [0.717, 1.165) is 56.1 Å². The summed E-state index contributed by atoms with van der Waals surface area (Å²) < 4.78 is 6.22. The molecule has 3 N–H and O–H groups in total. The predicted molar refractivity (Wildman–Crippen MR) is 113 cm³/mol. The van der Waals surface area contributed by atoms with E-state index in [2.05, 4.69) is 32.4 Å². The van der Waals surface area contributed by atoms with Crippen LogP contribution in [-0.2, 0) is 4.79 Å². The maximum absolute atomic E-state index is 13.0. The van der Waals surface area contributed by atoms with E-state index < -0.39 is 0 Å². The molecule has 4 aromatic rings. The Morgan fingerprint density at radius 3 is 2.97 bits per heavy atom. The van der Waals surface area contributed by atoms with Crippen molar-refractivity contribution in [3.05, 3.63) is 65.2 Å². The number of Topliss-reactive ketones (excluding diaryl/α,β-unsaturated/α-hetero) is 1. The lowest BCUT2D eigenvalue weighted by Gasteiger charge is -2.32. The molecule has 7 nitrogen and oxygen atoms in total. The van der Waals surface area contributed by atoms with Crippen LogP contribution >= 0.6 is 11.8 Å². The molecule has 2 atom stereocenters. The Morgan fingerprint density at radius 2 is 2.07 bits per heavy atom. The number of fused-ring (bicyclic) bond motifs is 2. The molecule has 0 radical (unpaired) electrons. The van der Waals surface area contributed by atoms with Crippen LogP contribution in [0.15, 0.2) is 68.5 Å². The largest absolute Gasteiger partial charge is 0.453 e. The average Bonchev–Trinajstić information content (AvgIpc) is 3.45. The Hall–Kier alpha value is -3.26. The van der Waals surface area contributed by atoms with Crippen LogP contribution in [-0.4, -0.2) is 25.9 Å². The molecule has 0 amide bonds. The Bertz CT molecular complexity index is 1280. The smallest absolute Gasteiger partial charge is 0.174 e. The van der Waals surface area contributed by atoms with Crippen molar-refractivity contribution in [3.8, 4) is 0 Å². The number of rotatable bonds is 3. The summed E-state index contributed by atoms with van der Waals surface area (Å²) in [5.74, 6) is 1.83. The Balaban J connectivity index is 1.37. The van der Waals surface area contributed by atoms with Crippen molar-refractivity contribution in [1.82, 2.24) is 20.2 Å². The summed E-state index contributed by atoms with van der Waals surface area (Å²) in [5, 5.41) is 12.1. The molecule has 1 aliphatic carbocycles. The number of para-hydroxylation sites is 2. The van der Waals surface area contributed by atoms with Crippen LogP contribution in [0.1, 0.15) is 37.0 Å². The Morgan fingerprint density at radius 1 is 1.17 bits per heavy atom. The molecule has 1 aliphatic heterocycles. The van der Waals surface area contributed by atoms with Gasteiger partial charge in [0.05, 0.1) is 23.1 Å². The summed E-state index contributed by atoms with van der Waals surface area (Å²) in [4.78, 5) is 20.9. The van der Waals surface area contributed by atoms with E-state index >= 15 is 0 Å². The maximum atomic E-state index is 13.0. The summed E-state index contributed by atoms with van der Waals surface area (Å²) in [5.41, 5.74) is 4.63. The van der Waals surface area contributed by atoms with Gasteiger partial charge in [-0.05, 0) is 48.4 Å². The van der Waals surface area contributed by atoms with Gasteiger partial charge in [-0.25, -0.2) is 4.98 Å². The number of hydrogen-bond donors (Lipinski definition) is 3. The molecule has 1 aromatic carbocycles. The summed E-state index contributed by atoms with van der Waals surface area (Å²) in [6.07, 6.45) is 3.18. The van der Waals surface area contributed by atoms with Gasteiger partial charge in [0.15, 0.2) is 16.0 Å². The molecular formula is C22H19N5O2S. The molecule has 3 aromatic heterocycles. The fourth-order valence-electron chi connectivity index (χ4n) is 4.41. The number of furan rings is 1. The van der Waals surface area contributed by atoms with Crippen molar-refractivity contribution in [2.24, 2.45) is 5.92 Å². The van der Waals surface area contributed by atoms with Crippen molar-refractivity contribution in [1.29, 1.82) is 0 Å². The van der Waals surface area contributed by atoms with Crippen LogP contribution in [0.4, 0.5) is 5.82 Å². The number of ketones is 1. The van der Waals surface area contributed by atoms with E-state index in [0.29, 0.717) is 12.3 Å². The van der Waals surface area contributed by atoms with Crippen LogP contribution in [0.25, 0.3) is 11.0 Å². The minimum absolute atomic E-state index is 0.177. The van der Waals surface area contributed by atoms with Crippen LogP contribution in [0.5, 0.6) is 0 Å². The molecule has 8 heteroatoms. The van der Waals surface area contributed by atoms with Gasteiger partial charge in [-0.1, -0.05) is 19.1 Å². The zero-order valence-corrected chi connectivity index (χ0v) is 17.0. The first-order valence-electron chi connectivity index (χ1n) is 9.94. The summed E-state index contributed by atoms with van der Waals surface area (Å²) >= 11 is 1.44. The highest BCUT2D eigenvalue weighted by Crippen LogP contribution is 2.46. The Labute approximate surface area is 176 Å². The van der Waals surface area contributed by atoms with E-state index in [-0.39, 0.29) is 11.7 Å². The van der Waals surface area contributed by atoms with E-state index in [9.17, 15) is 4.79 Å². The second-order valence-corrected chi connectivity index (χ2v) is 8.90. The first-order valence-corrected chi connectivity index (χ1v) is 10.8. The fourth-order valence-corrected chi connectivity index (χ4v) is 5.18. The second kappa shape index (κ2) is 6.63. The van der Waals surface area contributed by atoms with E-state index in [4.69, 9.17) is 4.42 Å². The van der Waals surface area contributed by atoms with Gasteiger partial charge in [0.25, 0.3) is 0 Å². The van der Waals surface area contributed by atoms with Gasteiger partial charge in [-0.2, -0.15) is 5.10 Å². The molecule has 30 heavy (non-hydrogen) atoms. The van der Waals surface area contributed by atoms with Crippen LogP contribution < -0.4 is 5.32 Å². The molecule has 0 fully saturated rings. The lowest BCUT2D eigenvalue weighted by molar-refractivity contribution is -0.117. The van der Waals surface area contributed by atoms with Crippen LogP contribution in [0.2, 0.25) is 0 Å². The third kappa shape index (κ3) is 2.79. The highest BCUT2D eigenvalue weighted by atomic mass is 32.2. The molecule has 2 unspecified atom stereocenters. The lowest BCUT2D eigenvalue weighted by atomic mass is 9.76. The highest BCUT2D eigenvalue weighted by Gasteiger charge is 2.39. The van der Waals surface area contributed by atoms with Crippen molar-refractivity contribution >= 4 is 34.4 Å². The van der Waals surface area contributed by atoms with Crippen LogP contribution in [0, 0.1) is 5.92 Å². The minimum atomic E-state index is -0.250. The number of H-pyrrole nitrogens is 2. The van der Waals surface area contributed by atoms with Gasteiger partial charge >= 0.3 is 0 Å². The number of nitrogens with zero attached hydrogens (tertiary/aromatic N) is 2. The monoisotopic (exact) mass is 417 g/mol. The quantitative estimate of drug-likeness (QED) is 0.441. The predicted octanol–water partition coefficient (Wildman–Crippen LogP) is 4.84. The number of allylic oxidation sites excluding steroid dienone is 2. The van der Waals surface area contributed by atoms with Crippen molar-refractivity contribution in [2.75, 3.05) is 5.32 Å². The number of carbonyl (C=O) groups excluding carboxylic acids is 1. The van der Waals surface area contributed by atoms with E-state index in [1.165, 1.54) is 11.8 Å². The van der Waals surface area contributed by atoms with Gasteiger partial charge in [0.1, 0.15) is 11.6 Å². The van der Waals surface area contributed by atoms with Gasteiger partial charge < -0.3 is 14.7 Å². The third-order valence-corrected chi connectivity index (χ3v) is 6.52. The van der Waals surface area contributed by atoms with E-state index in [1.807, 2.05) is 36.4 Å². The molecule has 2 aliphatic rings. The molecule has 150 valence electrons. The topological polar surface area (TPSA) is 99.6 Å². The number of nitrogens with one attached hydrogen (secondary N) is 3. The fraction of sp³-hybridized carbons (Fsp3) is 0.227. The lowest BCUT2D eigenvalue weighted by Crippen LogP contribution is -2.29. The zero-order valence-electron chi connectivity index (χ0n) is 16.2. The number of imidazole rings is 1. The SMILES string of the molecule is CC1CC(=O)C2=C(C1)Nc1[nH]ncc1C2c1ccc(Sc2nc3ccccc3[nH]2)o1. The number of aromatic amines is 2. The number of anilines is 1.